The molecule has 0 radical (unpaired) electrons. The quantitative estimate of drug-likeness (QED) is 0.710. The number of hydrogen-bond donors (Lipinski definition) is 2. The Hall–Kier alpha value is -2.04. The molecule has 4 N–H and O–H groups in total. The molecule has 0 spiro atoms. The van der Waals surface area contributed by atoms with Crippen molar-refractivity contribution in [2.75, 3.05) is 6.61 Å². The molecule has 0 saturated carbocycles. The lowest BCUT2D eigenvalue weighted by molar-refractivity contribution is 0.0996. The number of amides is 1. The van der Waals surface area contributed by atoms with Gasteiger partial charge in [0.1, 0.15) is 18.2 Å². The van der Waals surface area contributed by atoms with E-state index in [9.17, 15) is 9.18 Å². The summed E-state index contributed by atoms with van der Waals surface area (Å²) in [6.07, 6.45) is 1.45. The average Bonchev–Trinajstić information content (AvgIpc) is 2.19. The molecule has 0 aliphatic carbocycles. The van der Waals surface area contributed by atoms with Crippen molar-refractivity contribution in [3.05, 3.63) is 34.8 Å². The number of primary amides is 1. The fraction of sp³-hybridized carbons (Fsp3) is 0.100. The van der Waals surface area contributed by atoms with E-state index in [4.69, 9.17) is 16.2 Å². The van der Waals surface area contributed by atoms with Crippen molar-refractivity contribution < 1.29 is 13.9 Å². The van der Waals surface area contributed by atoms with Crippen molar-refractivity contribution in [1.29, 1.82) is 0 Å². The first-order chi connectivity index (χ1) is 7.09. The van der Waals surface area contributed by atoms with Gasteiger partial charge in [-0.1, -0.05) is 0 Å². The van der Waals surface area contributed by atoms with Crippen LogP contribution in [0.3, 0.4) is 0 Å². The smallest absolute Gasteiger partial charge is 0.252 e. The van der Waals surface area contributed by atoms with Crippen molar-refractivity contribution in [3.63, 3.8) is 0 Å². The van der Waals surface area contributed by atoms with Crippen LogP contribution in [0.15, 0.2) is 17.8 Å². The Labute approximate surface area is 85.3 Å². The number of fused-ring (bicyclic) bond motifs is 1. The van der Waals surface area contributed by atoms with Crippen LogP contribution in [0.2, 0.25) is 0 Å². The summed E-state index contributed by atoms with van der Waals surface area (Å²) in [6.45, 7) is 0.136. The van der Waals surface area contributed by atoms with E-state index in [0.29, 0.717) is 5.70 Å². The average molecular weight is 208 g/mol. The number of nitrogens with two attached hydrogens (primary N) is 2. The van der Waals surface area contributed by atoms with E-state index in [2.05, 4.69) is 0 Å². The van der Waals surface area contributed by atoms with Crippen LogP contribution < -0.4 is 16.2 Å². The zero-order valence-electron chi connectivity index (χ0n) is 7.79. The molecular formula is C10H9FN2O2. The maximum atomic E-state index is 13.4. The highest BCUT2D eigenvalue weighted by molar-refractivity contribution is 5.97. The number of carbonyl (C=O) groups is 1. The first kappa shape index (κ1) is 9.51. The van der Waals surface area contributed by atoms with Crippen LogP contribution in [-0.4, -0.2) is 12.5 Å². The number of hydrogen-bond acceptors (Lipinski definition) is 3. The van der Waals surface area contributed by atoms with E-state index >= 15 is 0 Å². The second-order valence-corrected chi connectivity index (χ2v) is 3.21. The molecule has 0 fully saturated rings. The predicted octanol–water partition coefficient (Wildman–Crippen LogP) is 0.617. The number of rotatable bonds is 1. The van der Waals surface area contributed by atoms with Crippen molar-refractivity contribution in [2.45, 2.75) is 0 Å². The Kier molecular flexibility index (Phi) is 2.07. The SMILES string of the molecule is NC(=O)c1ccc(F)c2c1OCC(N)=C2. The summed E-state index contributed by atoms with van der Waals surface area (Å²) in [5.41, 5.74) is 11.4. The van der Waals surface area contributed by atoms with Crippen LogP contribution in [0.5, 0.6) is 5.75 Å². The molecule has 4 nitrogen and oxygen atoms in total. The number of benzene rings is 1. The van der Waals surface area contributed by atoms with Gasteiger partial charge in [-0.25, -0.2) is 4.39 Å². The molecule has 1 aromatic rings. The second kappa shape index (κ2) is 3.27. The molecule has 0 saturated heterocycles. The third-order valence-corrected chi connectivity index (χ3v) is 2.12. The fourth-order valence-electron chi connectivity index (χ4n) is 1.44. The highest BCUT2D eigenvalue weighted by Gasteiger charge is 2.20. The normalized spacial score (nSPS) is 13.8. The van der Waals surface area contributed by atoms with Gasteiger partial charge < -0.3 is 16.2 Å². The summed E-state index contributed by atoms with van der Waals surface area (Å²) in [7, 11) is 0. The highest BCUT2D eigenvalue weighted by Crippen LogP contribution is 2.31. The minimum absolute atomic E-state index is 0.136. The topological polar surface area (TPSA) is 78.3 Å². The predicted molar refractivity (Wildman–Crippen MR) is 52.6 cm³/mol. The summed E-state index contributed by atoms with van der Waals surface area (Å²) in [5, 5.41) is 0. The summed E-state index contributed by atoms with van der Waals surface area (Å²) >= 11 is 0. The molecule has 15 heavy (non-hydrogen) atoms. The van der Waals surface area contributed by atoms with E-state index in [0.717, 1.165) is 6.07 Å². The van der Waals surface area contributed by atoms with Crippen molar-refractivity contribution in [3.8, 4) is 5.75 Å². The Bertz CT molecular complexity index is 469. The molecule has 1 heterocycles. The van der Waals surface area contributed by atoms with Gasteiger partial charge in [-0.05, 0) is 18.2 Å². The van der Waals surface area contributed by atoms with Gasteiger partial charge in [0.2, 0.25) is 0 Å². The van der Waals surface area contributed by atoms with Crippen LogP contribution in [0.25, 0.3) is 6.08 Å². The maximum absolute atomic E-state index is 13.4. The van der Waals surface area contributed by atoms with Gasteiger partial charge in [-0.15, -0.1) is 0 Å². The van der Waals surface area contributed by atoms with Crippen LogP contribution in [0.4, 0.5) is 4.39 Å². The van der Waals surface area contributed by atoms with E-state index in [1.165, 1.54) is 12.1 Å². The van der Waals surface area contributed by atoms with Gasteiger partial charge in [0.15, 0.2) is 0 Å². The first-order valence-electron chi connectivity index (χ1n) is 4.30. The molecule has 5 heteroatoms. The zero-order valence-corrected chi connectivity index (χ0v) is 7.79. The van der Waals surface area contributed by atoms with Gasteiger partial charge in [0.25, 0.3) is 5.91 Å². The minimum Gasteiger partial charge on any atom is -0.486 e. The van der Waals surface area contributed by atoms with Crippen molar-refractivity contribution in [2.24, 2.45) is 11.5 Å². The largest absolute Gasteiger partial charge is 0.486 e. The van der Waals surface area contributed by atoms with Crippen LogP contribution in [0, 0.1) is 5.82 Å². The van der Waals surface area contributed by atoms with Crippen LogP contribution in [0.1, 0.15) is 15.9 Å². The molecule has 1 aromatic carbocycles. The van der Waals surface area contributed by atoms with Gasteiger partial charge in [-0.3, -0.25) is 4.79 Å². The first-order valence-corrected chi connectivity index (χ1v) is 4.30. The number of carbonyl (C=O) groups excluding carboxylic acids is 1. The van der Waals surface area contributed by atoms with Gasteiger partial charge in [-0.2, -0.15) is 0 Å². The lowest BCUT2D eigenvalue weighted by atomic mass is 10.0. The highest BCUT2D eigenvalue weighted by atomic mass is 19.1. The molecule has 0 atom stereocenters. The Balaban J connectivity index is 2.67. The molecule has 2 rings (SSSR count). The molecule has 1 aliphatic rings. The van der Waals surface area contributed by atoms with E-state index < -0.39 is 11.7 Å². The zero-order chi connectivity index (χ0) is 11.0. The summed E-state index contributed by atoms with van der Waals surface area (Å²) < 4.78 is 18.5. The monoisotopic (exact) mass is 208 g/mol. The van der Waals surface area contributed by atoms with E-state index in [-0.39, 0.29) is 23.5 Å². The maximum Gasteiger partial charge on any atom is 0.252 e. The third kappa shape index (κ3) is 1.52. The number of ether oxygens (including phenoxy) is 1. The third-order valence-electron chi connectivity index (χ3n) is 2.12. The molecule has 0 aromatic heterocycles. The van der Waals surface area contributed by atoms with Crippen LogP contribution >= 0.6 is 0 Å². The van der Waals surface area contributed by atoms with Crippen molar-refractivity contribution in [1.82, 2.24) is 0 Å². The molecule has 0 unspecified atom stereocenters. The molecular weight excluding hydrogens is 199 g/mol. The summed E-state index contributed by atoms with van der Waals surface area (Å²) in [5.74, 6) is -0.977. The standard InChI is InChI=1S/C10H9FN2O2/c11-8-2-1-6(10(13)14)9-7(8)3-5(12)4-15-9/h1-3H,4,12H2,(H2,13,14). The van der Waals surface area contributed by atoms with Crippen LogP contribution in [-0.2, 0) is 0 Å². The summed E-state index contributed by atoms with van der Waals surface area (Å²) in [4.78, 5) is 11.0. The molecule has 1 aliphatic heterocycles. The Morgan fingerprint density at radius 2 is 2.20 bits per heavy atom. The molecule has 78 valence electrons. The Morgan fingerprint density at radius 1 is 1.47 bits per heavy atom. The minimum atomic E-state index is -0.653. The van der Waals surface area contributed by atoms with E-state index in [1.54, 1.807) is 0 Å². The Morgan fingerprint density at radius 3 is 2.87 bits per heavy atom. The molecule has 0 bridgehead atoms. The fourth-order valence-corrected chi connectivity index (χ4v) is 1.44. The summed E-state index contributed by atoms with van der Waals surface area (Å²) in [6, 6.07) is 2.46. The van der Waals surface area contributed by atoms with Crippen molar-refractivity contribution >= 4 is 12.0 Å². The van der Waals surface area contributed by atoms with Gasteiger partial charge in [0, 0.05) is 5.70 Å². The lowest BCUT2D eigenvalue weighted by Gasteiger charge is -2.18. The second-order valence-electron chi connectivity index (χ2n) is 3.21. The van der Waals surface area contributed by atoms with E-state index in [1.807, 2.05) is 0 Å². The van der Waals surface area contributed by atoms with Gasteiger partial charge in [0.05, 0.1) is 11.1 Å². The molecule has 1 amide bonds. The number of halogens is 1. The lowest BCUT2D eigenvalue weighted by Crippen LogP contribution is -2.19. The van der Waals surface area contributed by atoms with Gasteiger partial charge >= 0.3 is 0 Å².